The van der Waals surface area contributed by atoms with E-state index in [4.69, 9.17) is 4.74 Å². The van der Waals surface area contributed by atoms with E-state index in [9.17, 15) is 0 Å². The van der Waals surface area contributed by atoms with Gasteiger partial charge in [-0.2, -0.15) is 0 Å². The Kier molecular flexibility index (Phi) is 4.56. The van der Waals surface area contributed by atoms with Crippen molar-refractivity contribution in [1.29, 1.82) is 0 Å². The van der Waals surface area contributed by atoms with Gasteiger partial charge in [0.1, 0.15) is 5.75 Å². The topological polar surface area (TPSA) is 21.3 Å². The highest BCUT2D eigenvalue weighted by Gasteiger charge is 2.28. The van der Waals surface area contributed by atoms with Gasteiger partial charge in [0.25, 0.3) is 0 Å². The summed E-state index contributed by atoms with van der Waals surface area (Å²) in [5, 5.41) is 3.54. The fourth-order valence-corrected chi connectivity index (χ4v) is 3.49. The predicted molar refractivity (Wildman–Crippen MR) is 87.0 cm³/mol. The third-order valence-electron chi connectivity index (χ3n) is 4.52. The molecule has 0 aliphatic carbocycles. The second-order valence-electron chi connectivity index (χ2n) is 5.69. The summed E-state index contributed by atoms with van der Waals surface area (Å²) in [6, 6.07) is 19.4. The highest BCUT2D eigenvalue weighted by atomic mass is 16.5. The van der Waals surface area contributed by atoms with Gasteiger partial charge < -0.3 is 10.1 Å². The largest absolute Gasteiger partial charge is 0.496 e. The molecular formula is C19H23NO. The van der Waals surface area contributed by atoms with E-state index in [2.05, 4.69) is 59.9 Å². The van der Waals surface area contributed by atoms with Crippen LogP contribution in [0.15, 0.2) is 54.6 Å². The quantitative estimate of drug-likeness (QED) is 0.920. The molecule has 0 saturated carbocycles. The lowest BCUT2D eigenvalue weighted by Crippen LogP contribution is -2.13. The molecule has 21 heavy (non-hydrogen) atoms. The van der Waals surface area contributed by atoms with Crippen LogP contribution in [0.4, 0.5) is 0 Å². The molecule has 3 rings (SSSR count). The first kappa shape index (κ1) is 14.2. The molecule has 0 amide bonds. The van der Waals surface area contributed by atoms with Crippen molar-refractivity contribution in [3.63, 3.8) is 0 Å². The molecule has 110 valence electrons. The maximum Gasteiger partial charge on any atom is 0.122 e. The third kappa shape index (κ3) is 3.11. The van der Waals surface area contributed by atoms with E-state index in [-0.39, 0.29) is 0 Å². The number of rotatable bonds is 3. The molecule has 0 radical (unpaired) electrons. The van der Waals surface area contributed by atoms with E-state index in [1.165, 1.54) is 17.5 Å². The van der Waals surface area contributed by atoms with Crippen molar-refractivity contribution < 1.29 is 4.74 Å². The molecule has 1 aliphatic heterocycles. The molecule has 2 heteroatoms. The number of hydrogen-bond donors (Lipinski definition) is 1. The maximum atomic E-state index is 5.60. The van der Waals surface area contributed by atoms with Gasteiger partial charge in [-0.1, -0.05) is 48.5 Å². The summed E-state index contributed by atoms with van der Waals surface area (Å²) < 4.78 is 5.60. The zero-order valence-electron chi connectivity index (χ0n) is 12.6. The first-order valence-electron chi connectivity index (χ1n) is 7.78. The monoisotopic (exact) mass is 281 g/mol. The average Bonchev–Trinajstić information content (AvgIpc) is 2.81. The molecule has 0 bridgehead atoms. The lowest BCUT2D eigenvalue weighted by Gasteiger charge is -2.27. The van der Waals surface area contributed by atoms with Crippen LogP contribution >= 0.6 is 0 Å². The second kappa shape index (κ2) is 6.77. The van der Waals surface area contributed by atoms with Crippen molar-refractivity contribution in [3.05, 3.63) is 65.7 Å². The van der Waals surface area contributed by atoms with E-state index >= 15 is 0 Å². The Bertz CT molecular complexity index is 567. The minimum atomic E-state index is 0.513. The van der Waals surface area contributed by atoms with Crippen LogP contribution in [0.5, 0.6) is 5.75 Å². The number of methoxy groups -OCH3 is 1. The van der Waals surface area contributed by atoms with Gasteiger partial charge in [0.15, 0.2) is 0 Å². The normalized spacial score (nSPS) is 22.5. The van der Waals surface area contributed by atoms with E-state index in [1.54, 1.807) is 7.11 Å². The molecule has 0 spiro atoms. The Morgan fingerprint density at radius 2 is 1.52 bits per heavy atom. The molecule has 1 N–H and O–H groups in total. The Labute approximate surface area is 127 Å². The minimum Gasteiger partial charge on any atom is -0.496 e. The SMILES string of the molecule is COc1ccccc1[C@H]1CCNCC[C@H]1c1ccccc1. The van der Waals surface area contributed by atoms with E-state index in [0.717, 1.165) is 25.3 Å². The molecule has 2 aromatic rings. The van der Waals surface area contributed by atoms with Crippen LogP contribution in [0.25, 0.3) is 0 Å². The molecule has 0 aromatic heterocycles. The van der Waals surface area contributed by atoms with Gasteiger partial charge in [0, 0.05) is 0 Å². The Balaban J connectivity index is 1.99. The van der Waals surface area contributed by atoms with Gasteiger partial charge in [-0.25, -0.2) is 0 Å². The summed E-state index contributed by atoms with van der Waals surface area (Å²) in [5.74, 6) is 2.08. The summed E-state index contributed by atoms with van der Waals surface area (Å²) in [6.45, 7) is 2.16. The Hall–Kier alpha value is -1.80. The van der Waals surface area contributed by atoms with Crippen molar-refractivity contribution in [2.75, 3.05) is 20.2 Å². The van der Waals surface area contributed by atoms with E-state index in [0.29, 0.717) is 11.8 Å². The first-order valence-corrected chi connectivity index (χ1v) is 7.78. The van der Waals surface area contributed by atoms with Gasteiger partial charge in [0.05, 0.1) is 7.11 Å². The first-order chi connectivity index (χ1) is 10.4. The zero-order chi connectivity index (χ0) is 14.5. The summed E-state index contributed by atoms with van der Waals surface area (Å²) in [6.07, 6.45) is 2.33. The molecule has 0 unspecified atom stereocenters. The lowest BCUT2D eigenvalue weighted by atomic mass is 9.78. The predicted octanol–water partition coefficient (Wildman–Crippen LogP) is 3.95. The molecule has 1 heterocycles. The fraction of sp³-hybridized carbons (Fsp3) is 0.368. The number of ether oxygens (including phenoxy) is 1. The van der Waals surface area contributed by atoms with Crippen LogP contribution in [0.1, 0.15) is 35.8 Å². The van der Waals surface area contributed by atoms with Crippen molar-refractivity contribution >= 4 is 0 Å². The summed E-state index contributed by atoms with van der Waals surface area (Å²) >= 11 is 0. The van der Waals surface area contributed by atoms with Crippen LogP contribution in [0.2, 0.25) is 0 Å². The fourth-order valence-electron chi connectivity index (χ4n) is 3.49. The second-order valence-corrected chi connectivity index (χ2v) is 5.69. The van der Waals surface area contributed by atoms with E-state index < -0.39 is 0 Å². The highest BCUT2D eigenvalue weighted by molar-refractivity contribution is 5.39. The average molecular weight is 281 g/mol. The van der Waals surface area contributed by atoms with Gasteiger partial charge in [0.2, 0.25) is 0 Å². The number of benzene rings is 2. The van der Waals surface area contributed by atoms with Crippen molar-refractivity contribution in [2.45, 2.75) is 24.7 Å². The lowest BCUT2D eigenvalue weighted by molar-refractivity contribution is 0.398. The van der Waals surface area contributed by atoms with Crippen LogP contribution in [-0.2, 0) is 0 Å². The number of hydrogen-bond acceptors (Lipinski definition) is 2. The van der Waals surface area contributed by atoms with Crippen LogP contribution < -0.4 is 10.1 Å². The molecule has 2 atom stereocenters. The summed E-state index contributed by atoms with van der Waals surface area (Å²) in [5.41, 5.74) is 2.79. The third-order valence-corrected chi connectivity index (χ3v) is 4.52. The van der Waals surface area contributed by atoms with Crippen LogP contribution in [-0.4, -0.2) is 20.2 Å². The van der Waals surface area contributed by atoms with Crippen molar-refractivity contribution in [3.8, 4) is 5.75 Å². The molecule has 2 aromatic carbocycles. The van der Waals surface area contributed by atoms with Crippen molar-refractivity contribution in [2.24, 2.45) is 0 Å². The maximum absolute atomic E-state index is 5.60. The van der Waals surface area contributed by atoms with Gasteiger partial charge in [-0.05, 0) is 55.0 Å². The molecular weight excluding hydrogens is 258 g/mol. The smallest absolute Gasteiger partial charge is 0.122 e. The van der Waals surface area contributed by atoms with Crippen LogP contribution in [0.3, 0.4) is 0 Å². The Morgan fingerprint density at radius 3 is 2.29 bits per heavy atom. The Morgan fingerprint density at radius 1 is 0.857 bits per heavy atom. The van der Waals surface area contributed by atoms with Crippen LogP contribution in [0, 0.1) is 0 Å². The number of para-hydroxylation sites is 1. The number of nitrogens with one attached hydrogen (secondary N) is 1. The zero-order valence-corrected chi connectivity index (χ0v) is 12.6. The standard InChI is InChI=1S/C19H23NO/c1-21-19-10-6-5-9-18(19)17-12-14-20-13-11-16(17)15-7-3-2-4-8-15/h2-10,16-17,20H,11-14H2,1H3/t16-,17-/m0/s1. The minimum absolute atomic E-state index is 0.513. The summed E-state index contributed by atoms with van der Waals surface area (Å²) in [7, 11) is 1.77. The molecule has 1 fully saturated rings. The highest BCUT2D eigenvalue weighted by Crippen LogP contribution is 2.42. The molecule has 1 saturated heterocycles. The molecule has 1 aliphatic rings. The van der Waals surface area contributed by atoms with Gasteiger partial charge in [-0.15, -0.1) is 0 Å². The van der Waals surface area contributed by atoms with Crippen molar-refractivity contribution in [1.82, 2.24) is 5.32 Å². The van der Waals surface area contributed by atoms with E-state index in [1.807, 2.05) is 0 Å². The molecule has 2 nitrogen and oxygen atoms in total. The van der Waals surface area contributed by atoms with Gasteiger partial charge >= 0.3 is 0 Å². The summed E-state index contributed by atoms with van der Waals surface area (Å²) in [4.78, 5) is 0. The van der Waals surface area contributed by atoms with Gasteiger partial charge in [-0.3, -0.25) is 0 Å².